The first-order chi connectivity index (χ1) is 11.5. The second kappa shape index (κ2) is 10.2. The predicted molar refractivity (Wildman–Crippen MR) is 89.4 cm³/mol. The zero-order chi connectivity index (χ0) is 17.9. The molecule has 0 heterocycles. The van der Waals surface area contributed by atoms with E-state index in [0.29, 0.717) is 13.0 Å². The van der Waals surface area contributed by atoms with Crippen molar-refractivity contribution in [3.05, 3.63) is 45.1 Å². The average Bonchev–Trinajstić information content (AvgIpc) is 2.56. The van der Waals surface area contributed by atoms with E-state index >= 15 is 0 Å². The largest absolute Gasteiger partial charge is 0.396 e. The molecular weight excluding hydrogens is 336 g/mol. The van der Waals surface area contributed by atoms with Crippen molar-refractivity contribution in [2.24, 2.45) is 0 Å². The maximum Gasteiger partial charge on any atom is 0.271 e. The van der Waals surface area contributed by atoms with Crippen molar-refractivity contribution in [3.63, 3.8) is 0 Å². The van der Waals surface area contributed by atoms with Crippen LogP contribution in [0.25, 0.3) is 0 Å². The van der Waals surface area contributed by atoms with Gasteiger partial charge in [-0.05, 0) is 25.3 Å². The van der Waals surface area contributed by atoms with Crippen LogP contribution >= 0.6 is 11.6 Å². The first-order valence-electron chi connectivity index (χ1n) is 7.19. The van der Waals surface area contributed by atoms with Gasteiger partial charge in [-0.2, -0.15) is 5.26 Å². The normalized spacial score (nSPS) is 10.8. The number of nitro benzene ring substituents is 1. The van der Waals surface area contributed by atoms with Gasteiger partial charge in [0, 0.05) is 31.5 Å². The van der Waals surface area contributed by atoms with E-state index in [1.165, 1.54) is 18.3 Å². The molecule has 0 saturated heterocycles. The van der Waals surface area contributed by atoms with E-state index in [-0.39, 0.29) is 28.6 Å². The molecule has 128 valence electrons. The zero-order valence-electron chi connectivity index (χ0n) is 12.8. The van der Waals surface area contributed by atoms with Gasteiger partial charge < -0.3 is 15.7 Å². The lowest BCUT2D eigenvalue weighted by Crippen LogP contribution is -2.17. The average molecular weight is 353 g/mol. The van der Waals surface area contributed by atoms with Crippen molar-refractivity contribution in [2.45, 2.75) is 19.3 Å². The fourth-order valence-corrected chi connectivity index (χ4v) is 1.92. The van der Waals surface area contributed by atoms with E-state index < -0.39 is 10.8 Å². The summed E-state index contributed by atoms with van der Waals surface area (Å²) in [6.07, 6.45) is 3.59. The van der Waals surface area contributed by atoms with Crippen LogP contribution in [0.1, 0.15) is 19.3 Å². The number of non-ortho nitro benzene ring substituents is 1. The Balaban J connectivity index is 2.69. The van der Waals surface area contributed by atoms with E-state index in [2.05, 4.69) is 10.6 Å². The van der Waals surface area contributed by atoms with Crippen LogP contribution in [-0.2, 0) is 4.79 Å². The number of halogens is 1. The van der Waals surface area contributed by atoms with E-state index in [0.717, 1.165) is 18.9 Å². The summed E-state index contributed by atoms with van der Waals surface area (Å²) >= 11 is 5.89. The van der Waals surface area contributed by atoms with Gasteiger partial charge in [0.2, 0.25) is 0 Å². The number of amides is 1. The van der Waals surface area contributed by atoms with Crippen LogP contribution in [0.15, 0.2) is 30.0 Å². The highest BCUT2D eigenvalue weighted by atomic mass is 35.5. The molecule has 0 fully saturated rings. The third-order valence-corrected chi connectivity index (χ3v) is 3.33. The Morgan fingerprint density at radius 3 is 2.79 bits per heavy atom. The topological polar surface area (TPSA) is 128 Å². The molecule has 1 rings (SSSR count). The lowest BCUT2D eigenvalue weighted by atomic mass is 10.2. The molecule has 8 nitrogen and oxygen atoms in total. The van der Waals surface area contributed by atoms with Gasteiger partial charge in [-0.15, -0.1) is 0 Å². The number of nitrogens with one attached hydrogen (secondary N) is 2. The number of rotatable bonds is 9. The number of hydrogen-bond acceptors (Lipinski definition) is 6. The Bertz CT molecular complexity index is 670. The van der Waals surface area contributed by atoms with Crippen molar-refractivity contribution in [1.82, 2.24) is 5.32 Å². The molecule has 0 saturated carbocycles. The summed E-state index contributed by atoms with van der Waals surface area (Å²) < 4.78 is 0. The first kappa shape index (κ1) is 19.4. The van der Waals surface area contributed by atoms with Gasteiger partial charge in [0.1, 0.15) is 11.6 Å². The fraction of sp³-hybridized carbons (Fsp3) is 0.333. The number of hydrogen-bond donors (Lipinski definition) is 3. The van der Waals surface area contributed by atoms with Gasteiger partial charge in [-0.25, -0.2) is 0 Å². The quantitative estimate of drug-likeness (QED) is 0.206. The lowest BCUT2D eigenvalue weighted by Gasteiger charge is -2.07. The number of unbranched alkanes of at least 4 members (excludes halogenated alkanes) is 2. The molecule has 0 bridgehead atoms. The van der Waals surface area contributed by atoms with Crippen molar-refractivity contribution < 1.29 is 14.8 Å². The first-order valence-corrected chi connectivity index (χ1v) is 7.57. The molecule has 0 aliphatic rings. The number of nitrogens with zero attached hydrogens (tertiary/aromatic N) is 2. The Morgan fingerprint density at radius 2 is 2.17 bits per heavy atom. The number of carbonyl (C=O) groups is 1. The fourth-order valence-electron chi connectivity index (χ4n) is 1.75. The Kier molecular flexibility index (Phi) is 8.25. The van der Waals surface area contributed by atoms with Crippen LogP contribution in [0.5, 0.6) is 0 Å². The second-order valence-electron chi connectivity index (χ2n) is 4.78. The van der Waals surface area contributed by atoms with Crippen LogP contribution in [-0.4, -0.2) is 29.1 Å². The molecule has 0 spiro atoms. The number of benzene rings is 1. The highest BCUT2D eigenvalue weighted by Gasteiger charge is 2.14. The smallest absolute Gasteiger partial charge is 0.271 e. The maximum absolute atomic E-state index is 12.0. The minimum atomic E-state index is -0.720. The Hall–Kier alpha value is -2.63. The summed E-state index contributed by atoms with van der Waals surface area (Å²) in [6, 6.07) is 5.38. The molecule has 9 heteroatoms. The molecule has 0 atom stereocenters. The van der Waals surface area contributed by atoms with Crippen LogP contribution in [0.4, 0.5) is 11.4 Å². The van der Waals surface area contributed by atoms with Crippen molar-refractivity contribution in [2.75, 3.05) is 18.5 Å². The second-order valence-corrected chi connectivity index (χ2v) is 5.19. The van der Waals surface area contributed by atoms with Crippen molar-refractivity contribution >= 4 is 28.9 Å². The number of carbonyl (C=O) groups excluding carboxylic acids is 1. The third kappa shape index (κ3) is 6.24. The number of anilines is 1. The molecule has 3 N–H and O–H groups in total. The van der Waals surface area contributed by atoms with Crippen molar-refractivity contribution in [1.29, 1.82) is 5.26 Å². The van der Waals surface area contributed by atoms with Gasteiger partial charge >= 0.3 is 0 Å². The minimum Gasteiger partial charge on any atom is -0.396 e. The molecule has 1 aromatic carbocycles. The highest BCUT2D eigenvalue weighted by molar-refractivity contribution is 6.34. The van der Waals surface area contributed by atoms with Crippen LogP contribution in [0.3, 0.4) is 0 Å². The van der Waals surface area contributed by atoms with Gasteiger partial charge in [0.15, 0.2) is 0 Å². The van der Waals surface area contributed by atoms with E-state index in [4.69, 9.17) is 22.0 Å². The standard InChI is InChI=1S/C15H17ClN4O4/c16-13-5-4-12(20(23)24)8-14(13)19-15(22)11(9-17)10-18-6-2-1-3-7-21/h4-5,8,10,18,21H,1-3,6-7H2,(H,19,22)/b11-10-. The van der Waals surface area contributed by atoms with Crippen LogP contribution in [0, 0.1) is 21.4 Å². The van der Waals surface area contributed by atoms with Gasteiger partial charge in [0.05, 0.1) is 15.6 Å². The highest BCUT2D eigenvalue weighted by Crippen LogP contribution is 2.26. The molecule has 0 radical (unpaired) electrons. The van der Waals surface area contributed by atoms with E-state index in [1.807, 2.05) is 0 Å². The summed E-state index contributed by atoms with van der Waals surface area (Å²) in [5, 5.41) is 33.8. The summed E-state index contributed by atoms with van der Waals surface area (Å²) in [5.41, 5.74) is -0.348. The minimum absolute atomic E-state index is 0.0555. The van der Waals surface area contributed by atoms with Gasteiger partial charge in [-0.3, -0.25) is 14.9 Å². The SMILES string of the molecule is N#C/C(=C/NCCCCCO)C(=O)Nc1cc([N+](=O)[O-])ccc1Cl. The van der Waals surface area contributed by atoms with E-state index in [9.17, 15) is 14.9 Å². The van der Waals surface area contributed by atoms with Crippen LogP contribution < -0.4 is 10.6 Å². The number of aliphatic hydroxyl groups excluding tert-OH is 1. The molecule has 0 aromatic heterocycles. The molecule has 24 heavy (non-hydrogen) atoms. The molecule has 0 aliphatic carbocycles. The van der Waals surface area contributed by atoms with Gasteiger partial charge in [0.25, 0.3) is 11.6 Å². The number of nitriles is 1. The molecule has 0 aliphatic heterocycles. The summed E-state index contributed by atoms with van der Waals surface area (Å²) in [5.74, 6) is -0.720. The third-order valence-electron chi connectivity index (χ3n) is 3.00. The van der Waals surface area contributed by atoms with E-state index in [1.54, 1.807) is 6.07 Å². The number of nitro groups is 1. The molecular formula is C15H17ClN4O4. The summed E-state index contributed by atoms with van der Waals surface area (Å²) in [6.45, 7) is 0.682. The van der Waals surface area contributed by atoms with Crippen LogP contribution in [0.2, 0.25) is 5.02 Å². The molecule has 1 amide bonds. The molecule has 1 aromatic rings. The van der Waals surface area contributed by atoms with Gasteiger partial charge in [-0.1, -0.05) is 11.6 Å². The summed E-state index contributed by atoms with van der Waals surface area (Å²) in [4.78, 5) is 22.2. The zero-order valence-corrected chi connectivity index (χ0v) is 13.5. The number of aliphatic hydroxyl groups is 1. The molecule has 0 unspecified atom stereocenters. The Labute approximate surface area is 143 Å². The maximum atomic E-state index is 12.0. The lowest BCUT2D eigenvalue weighted by molar-refractivity contribution is -0.384. The summed E-state index contributed by atoms with van der Waals surface area (Å²) in [7, 11) is 0. The predicted octanol–water partition coefficient (Wildman–Crippen LogP) is 2.35. The monoisotopic (exact) mass is 352 g/mol. The Morgan fingerprint density at radius 1 is 1.42 bits per heavy atom. The van der Waals surface area contributed by atoms with Crippen molar-refractivity contribution in [3.8, 4) is 6.07 Å².